The number of anilines is 3. The van der Waals surface area contributed by atoms with Crippen LogP contribution < -0.4 is 4.90 Å². The molecule has 0 amide bonds. The normalized spacial score (nSPS) is 13.3. The molecule has 0 N–H and O–H groups in total. The molecule has 2 aromatic heterocycles. The average molecular weight is 772 g/mol. The summed E-state index contributed by atoms with van der Waals surface area (Å²) in [6, 6.07) is 74.6. The third-order valence-corrected chi connectivity index (χ3v) is 15.1. The van der Waals surface area contributed by atoms with Gasteiger partial charge in [0.15, 0.2) is 0 Å². The van der Waals surface area contributed by atoms with Crippen molar-refractivity contribution >= 4 is 80.1 Å². The zero-order valence-electron chi connectivity index (χ0n) is 31.3. The highest BCUT2D eigenvalue weighted by Crippen LogP contribution is 2.64. The monoisotopic (exact) mass is 771 g/mol. The predicted octanol–water partition coefficient (Wildman–Crippen LogP) is 15.9. The van der Waals surface area contributed by atoms with E-state index in [4.69, 9.17) is 0 Å². The molecule has 2 heterocycles. The van der Waals surface area contributed by atoms with Crippen LogP contribution in [0.4, 0.5) is 17.1 Å². The van der Waals surface area contributed by atoms with Crippen molar-refractivity contribution in [3.05, 3.63) is 222 Å². The topological polar surface area (TPSA) is 3.24 Å². The fourth-order valence-corrected chi connectivity index (χ4v) is 13.0. The first kappa shape index (κ1) is 32.3. The summed E-state index contributed by atoms with van der Waals surface area (Å²) < 4.78 is 5.43. The number of hydrogen-bond acceptors (Lipinski definition) is 3. The van der Waals surface area contributed by atoms with Gasteiger partial charge >= 0.3 is 0 Å². The summed E-state index contributed by atoms with van der Waals surface area (Å²) in [6.45, 7) is 0. The molecule has 3 heteroatoms. The van der Waals surface area contributed by atoms with Crippen molar-refractivity contribution in [3.8, 4) is 33.4 Å². The van der Waals surface area contributed by atoms with Crippen molar-refractivity contribution in [2.45, 2.75) is 5.41 Å². The van der Waals surface area contributed by atoms with E-state index in [0.29, 0.717) is 0 Å². The van der Waals surface area contributed by atoms with E-state index in [9.17, 15) is 0 Å². The molecular weight excluding hydrogens is 739 g/mol. The van der Waals surface area contributed by atoms with Crippen molar-refractivity contribution in [2.24, 2.45) is 0 Å². The number of hydrogen-bond donors (Lipinski definition) is 0. The summed E-state index contributed by atoms with van der Waals surface area (Å²) in [5, 5.41) is 5.41. The lowest BCUT2D eigenvalue weighted by Crippen LogP contribution is -2.26. The molecule has 1 spiro atoms. The Labute approximate surface area is 344 Å². The number of rotatable bonds is 4. The minimum absolute atomic E-state index is 0.398. The van der Waals surface area contributed by atoms with Gasteiger partial charge in [0.2, 0.25) is 0 Å². The highest BCUT2D eigenvalue weighted by Gasteiger charge is 2.52. The molecule has 1 nitrogen and oxygen atoms in total. The van der Waals surface area contributed by atoms with Crippen LogP contribution in [0.3, 0.4) is 0 Å². The minimum Gasteiger partial charge on any atom is -0.310 e. The van der Waals surface area contributed by atoms with Crippen molar-refractivity contribution in [1.82, 2.24) is 0 Å². The van der Waals surface area contributed by atoms with E-state index in [0.717, 1.165) is 11.4 Å². The summed E-state index contributed by atoms with van der Waals surface area (Å²) in [4.78, 5) is 2.46. The first-order chi connectivity index (χ1) is 28.8. The van der Waals surface area contributed by atoms with Gasteiger partial charge in [0, 0.05) is 57.3 Å². The van der Waals surface area contributed by atoms with E-state index >= 15 is 0 Å². The standard InChI is InChI=1S/C55H33NS2/c1-2-14-35(15-3-1)56(48-26-13-25-47-51(48)42-18-6-10-24-46(42)55(47)44-22-8-4-16-38(44)39-17-5-9-23-45(39)55)36-30-28-34(29-31-36)37-20-12-21-40-41-32-33-50-52(54(41)58-53(37)40)43-19-7-11-27-49(43)57-50/h1-33H. The van der Waals surface area contributed by atoms with Gasteiger partial charge in [-0.25, -0.2) is 0 Å². The van der Waals surface area contributed by atoms with Crippen LogP contribution >= 0.6 is 22.7 Å². The van der Waals surface area contributed by atoms with E-state index in [1.165, 1.54) is 102 Å². The average Bonchev–Trinajstić information content (AvgIpc) is 4.03. The summed E-state index contributed by atoms with van der Waals surface area (Å²) in [5.41, 5.74) is 16.2. The van der Waals surface area contributed by atoms with Crippen LogP contribution in [0.15, 0.2) is 200 Å². The Morgan fingerprint density at radius 3 is 1.69 bits per heavy atom. The Hall–Kier alpha value is -6.78. The van der Waals surface area contributed by atoms with Crippen LogP contribution in [0, 0.1) is 0 Å². The number of fused-ring (bicyclic) bond motifs is 17. The van der Waals surface area contributed by atoms with Crippen LogP contribution in [-0.2, 0) is 5.41 Å². The maximum absolute atomic E-state index is 2.46. The fourth-order valence-electron chi connectivity index (χ4n) is 10.4. The zero-order chi connectivity index (χ0) is 38.0. The third kappa shape index (κ3) is 4.24. The first-order valence-corrected chi connectivity index (χ1v) is 21.6. The van der Waals surface area contributed by atoms with Crippen molar-refractivity contribution in [1.29, 1.82) is 0 Å². The lowest BCUT2D eigenvalue weighted by Gasteiger charge is -2.31. The zero-order valence-corrected chi connectivity index (χ0v) is 32.9. The second-order valence-electron chi connectivity index (χ2n) is 15.5. The molecule has 0 radical (unpaired) electrons. The number of thiophene rings is 2. The van der Waals surface area contributed by atoms with Gasteiger partial charge in [0.1, 0.15) is 0 Å². The molecule has 0 saturated carbocycles. The molecule has 58 heavy (non-hydrogen) atoms. The second-order valence-corrected chi connectivity index (χ2v) is 17.6. The van der Waals surface area contributed by atoms with E-state index in [1.54, 1.807) is 0 Å². The largest absolute Gasteiger partial charge is 0.310 e. The van der Waals surface area contributed by atoms with Crippen LogP contribution in [0.1, 0.15) is 22.3 Å². The van der Waals surface area contributed by atoms with E-state index < -0.39 is 5.41 Å². The summed E-state index contributed by atoms with van der Waals surface area (Å²) in [6.07, 6.45) is 0. The summed E-state index contributed by atoms with van der Waals surface area (Å²) in [5.74, 6) is 0. The molecular formula is C55H33NS2. The molecule has 0 unspecified atom stereocenters. The number of nitrogens with zero attached hydrogens (tertiary/aromatic N) is 1. The summed E-state index contributed by atoms with van der Waals surface area (Å²) in [7, 11) is 0. The maximum atomic E-state index is 2.46. The Morgan fingerprint density at radius 1 is 0.345 bits per heavy atom. The summed E-state index contributed by atoms with van der Waals surface area (Å²) >= 11 is 3.83. The predicted molar refractivity (Wildman–Crippen MR) is 249 cm³/mol. The van der Waals surface area contributed by atoms with Crippen LogP contribution in [0.25, 0.3) is 73.7 Å². The van der Waals surface area contributed by atoms with Crippen LogP contribution in [-0.4, -0.2) is 0 Å². The molecule has 0 bridgehead atoms. The number of benzene rings is 9. The second kappa shape index (κ2) is 12.1. The third-order valence-electron chi connectivity index (χ3n) is 12.7. The van der Waals surface area contributed by atoms with Gasteiger partial charge in [-0.05, 0) is 92.5 Å². The molecule has 2 aliphatic rings. The fraction of sp³-hybridized carbons (Fsp3) is 0.0182. The van der Waals surface area contributed by atoms with Crippen molar-refractivity contribution in [3.63, 3.8) is 0 Å². The van der Waals surface area contributed by atoms with Gasteiger partial charge in [-0.2, -0.15) is 0 Å². The highest BCUT2D eigenvalue weighted by atomic mass is 32.1. The van der Waals surface area contributed by atoms with Crippen molar-refractivity contribution in [2.75, 3.05) is 4.90 Å². The number of para-hydroxylation sites is 1. The SMILES string of the molecule is c1ccc(N(c2ccc(-c3cccc4c3sc3c4ccc4sc5ccccc5c43)cc2)c2cccc3c2-c2ccccc2C32c3ccccc3-c3ccccc32)cc1. The first-order valence-electron chi connectivity index (χ1n) is 19.9. The molecule has 0 saturated heterocycles. The Morgan fingerprint density at radius 2 is 0.914 bits per heavy atom. The van der Waals surface area contributed by atoms with E-state index in [1.807, 2.05) is 22.7 Å². The molecule has 270 valence electrons. The lowest BCUT2D eigenvalue weighted by atomic mass is 9.70. The molecule has 0 atom stereocenters. The quantitative estimate of drug-likeness (QED) is 0.172. The van der Waals surface area contributed by atoms with E-state index in [2.05, 4.69) is 205 Å². The van der Waals surface area contributed by atoms with Gasteiger partial charge in [-0.3, -0.25) is 0 Å². The Kier molecular flexibility index (Phi) is 6.75. The van der Waals surface area contributed by atoms with Gasteiger partial charge in [-0.1, -0.05) is 158 Å². The van der Waals surface area contributed by atoms with Crippen LogP contribution in [0.2, 0.25) is 0 Å². The molecule has 0 fully saturated rings. The maximum Gasteiger partial charge on any atom is 0.0726 e. The molecule has 13 rings (SSSR count). The van der Waals surface area contributed by atoms with Gasteiger partial charge < -0.3 is 4.90 Å². The van der Waals surface area contributed by atoms with Crippen molar-refractivity contribution < 1.29 is 0 Å². The highest BCUT2D eigenvalue weighted by molar-refractivity contribution is 7.30. The molecule has 0 aliphatic heterocycles. The minimum atomic E-state index is -0.398. The smallest absolute Gasteiger partial charge is 0.0726 e. The van der Waals surface area contributed by atoms with Gasteiger partial charge in [-0.15, -0.1) is 22.7 Å². The Bertz CT molecular complexity index is 3420. The van der Waals surface area contributed by atoms with Gasteiger partial charge in [0.05, 0.1) is 11.1 Å². The molecule has 11 aromatic rings. The van der Waals surface area contributed by atoms with Gasteiger partial charge in [0.25, 0.3) is 0 Å². The van der Waals surface area contributed by atoms with E-state index in [-0.39, 0.29) is 0 Å². The molecule has 9 aromatic carbocycles. The van der Waals surface area contributed by atoms with Crippen LogP contribution in [0.5, 0.6) is 0 Å². The lowest BCUT2D eigenvalue weighted by molar-refractivity contribution is 0.794. The molecule has 2 aliphatic carbocycles. The Balaban J connectivity index is 1.000.